The maximum atomic E-state index is 9.19. The van der Waals surface area contributed by atoms with Crippen LogP contribution in [0.3, 0.4) is 0 Å². The Morgan fingerprint density at radius 1 is 1.50 bits per heavy atom. The fraction of sp³-hybridized carbons (Fsp3) is 1.00. The molecule has 0 saturated carbocycles. The molecule has 1 atom stereocenters. The fourth-order valence-corrected chi connectivity index (χ4v) is 0.627. The predicted molar refractivity (Wildman–Crippen MR) is 36.7 cm³/mol. The Balaban J connectivity index is 3.28. The molecule has 62 valence electrons. The minimum atomic E-state index is -1.00. The molecule has 0 aliphatic heterocycles. The third-order valence-electron chi connectivity index (χ3n) is 1.34. The molecule has 0 aromatic rings. The second kappa shape index (κ2) is 4.62. The lowest BCUT2D eigenvalue weighted by Crippen LogP contribution is -2.29. The maximum absolute atomic E-state index is 9.19. The number of hydrogen-bond acceptors (Lipinski definition) is 4. The van der Waals surface area contributed by atoms with Crippen LogP contribution in [0.4, 0.5) is 0 Å². The molecular formula is C6H15NO3. The van der Waals surface area contributed by atoms with E-state index >= 15 is 0 Å². The highest BCUT2D eigenvalue weighted by Crippen LogP contribution is 2.09. The van der Waals surface area contributed by atoms with E-state index in [1.54, 1.807) is 6.92 Å². The van der Waals surface area contributed by atoms with E-state index < -0.39 is 5.60 Å². The molecule has 0 heterocycles. The second-order valence-electron chi connectivity index (χ2n) is 2.67. The van der Waals surface area contributed by atoms with Gasteiger partial charge in [-0.15, -0.1) is 0 Å². The molecule has 0 radical (unpaired) electrons. The largest absolute Gasteiger partial charge is 0.393 e. The van der Waals surface area contributed by atoms with Gasteiger partial charge in [0.25, 0.3) is 0 Å². The summed E-state index contributed by atoms with van der Waals surface area (Å²) in [5.74, 6) is 0. The Labute approximate surface area is 60.5 Å². The fourth-order valence-electron chi connectivity index (χ4n) is 0.627. The van der Waals surface area contributed by atoms with Gasteiger partial charge in [0.15, 0.2) is 0 Å². The Morgan fingerprint density at radius 2 is 2.10 bits per heavy atom. The molecule has 0 aromatic heterocycles. The molecule has 0 aliphatic carbocycles. The first-order valence-electron chi connectivity index (χ1n) is 3.32. The summed E-state index contributed by atoms with van der Waals surface area (Å²) in [5.41, 5.74) is 0.969. The molecule has 0 rings (SSSR count). The van der Waals surface area contributed by atoms with Crippen LogP contribution in [0.1, 0.15) is 19.8 Å². The minimum Gasteiger partial charge on any atom is -0.393 e. The van der Waals surface area contributed by atoms with Crippen LogP contribution in [-0.2, 0) is 0 Å². The first-order chi connectivity index (χ1) is 4.62. The summed E-state index contributed by atoms with van der Waals surface area (Å²) in [6.45, 7) is 1.76. The highest BCUT2D eigenvalue weighted by molar-refractivity contribution is 4.70. The van der Waals surface area contributed by atoms with Crippen LogP contribution in [0.2, 0.25) is 0 Å². The number of rotatable bonds is 5. The Hall–Kier alpha value is -0.160. The molecule has 0 aliphatic rings. The molecule has 0 amide bonds. The quantitative estimate of drug-likeness (QED) is 0.314. The smallest absolute Gasteiger partial charge is 0.0849 e. The van der Waals surface area contributed by atoms with Crippen LogP contribution in [-0.4, -0.2) is 34.2 Å². The van der Waals surface area contributed by atoms with Crippen molar-refractivity contribution in [2.24, 2.45) is 0 Å². The second-order valence-corrected chi connectivity index (χ2v) is 2.67. The van der Waals surface area contributed by atoms with Crippen LogP contribution in [0.5, 0.6) is 0 Å². The van der Waals surface area contributed by atoms with Gasteiger partial charge in [0, 0.05) is 6.54 Å². The van der Waals surface area contributed by atoms with Crippen molar-refractivity contribution in [1.82, 2.24) is 5.48 Å². The van der Waals surface area contributed by atoms with Gasteiger partial charge in [-0.2, -0.15) is 0 Å². The third-order valence-corrected chi connectivity index (χ3v) is 1.34. The van der Waals surface area contributed by atoms with Crippen molar-refractivity contribution < 1.29 is 15.4 Å². The van der Waals surface area contributed by atoms with Gasteiger partial charge in [0.05, 0.1) is 12.2 Å². The average Bonchev–Trinajstić information content (AvgIpc) is 1.89. The van der Waals surface area contributed by atoms with Crippen molar-refractivity contribution in [3.05, 3.63) is 0 Å². The summed E-state index contributed by atoms with van der Waals surface area (Å²) < 4.78 is 0. The Morgan fingerprint density at radius 3 is 2.50 bits per heavy atom. The predicted octanol–water partition coefficient (Wildman–Crippen LogP) is -0.511. The molecule has 0 aromatic carbocycles. The van der Waals surface area contributed by atoms with Gasteiger partial charge in [-0.3, -0.25) is 0 Å². The summed E-state index contributed by atoms with van der Waals surface area (Å²) in [5, 5.41) is 25.9. The lowest BCUT2D eigenvalue weighted by molar-refractivity contribution is -0.00817. The highest BCUT2D eigenvalue weighted by atomic mass is 16.5. The van der Waals surface area contributed by atoms with E-state index in [4.69, 9.17) is 10.3 Å². The minimum absolute atomic E-state index is 0.238. The van der Waals surface area contributed by atoms with E-state index in [2.05, 4.69) is 0 Å². The van der Waals surface area contributed by atoms with Gasteiger partial charge < -0.3 is 15.4 Å². The summed E-state index contributed by atoms with van der Waals surface area (Å²) in [6.07, 6.45) is 1.13. The maximum Gasteiger partial charge on any atom is 0.0849 e. The lowest BCUT2D eigenvalue weighted by atomic mass is 10.0. The SMILES string of the molecule is CC(O)(CO)CCCNO. The first-order valence-corrected chi connectivity index (χ1v) is 3.32. The van der Waals surface area contributed by atoms with E-state index in [1.807, 2.05) is 5.48 Å². The van der Waals surface area contributed by atoms with Crippen molar-refractivity contribution in [3.63, 3.8) is 0 Å². The standard InChI is InChI=1S/C6H15NO3/c1-6(9,5-8)3-2-4-7-10/h7-10H,2-5H2,1H3. The number of aliphatic hydroxyl groups is 2. The molecule has 4 N–H and O–H groups in total. The van der Waals surface area contributed by atoms with E-state index in [0.29, 0.717) is 19.4 Å². The van der Waals surface area contributed by atoms with Gasteiger partial charge in [-0.1, -0.05) is 0 Å². The average molecular weight is 149 g/mol. The van der Waals surface area contributed by atoms with Crippen molar-refractivity contribution in [2.75, 3.05) is 13.2 Å². The van der Waals surface area contributed by atoms with E-state index in [0.717, 1.165) is 0 Å². The van der Waals surface area contributed by atoms with Gasteiger partial charge in [0.1, 0.15) is 0 Å². The molecule has 4 nitrogen and oxygen atoms in total. The molecular weight excluding hydrogens is 134 g/mol. The number of aliphatic hydroxyl groups excluding tert-OH is 1. The Kier molecular flexibility index (Phi) is 4.55. The van der Waals surface area contributed by atoms with E-state index in [9.17, 15) is 5.11 Å². The third kappa shape index (κ3) is 4.69. The van der Waals surface area contributed by atoms with Crippen LogP contribution < -0.4 is 5.48 Å². The highest BCUT2D eigenvalue weighted by Gasteiger charge is 2.17. The zero-order valence-electron chi connectivity index (χ0n) is 6.17. The number of nitrogens with one attached hydrogen (secondary N) is 1. The van der Waals surface area contributed by atoms with Crippen molar-refractivity contribution in [2.45, 2.75) is 25.4 Å². The summed E-state index contributed by atoms with van der Waals surface area (Å²) in [4.78, 5) is 0. The van der Waals surface area contributed by atoms with Crippen LogP contribution in [0.25, 0.3) is 0 Å². The van der Waals surface area contributed by atoms with Crippen molar-refractivity contribution in [3.8, 4) is 0 Å². The zero-order valence-corrected chi connectivity index (χ0v) is 6.17. The topological polar surface area (TPSA) is 72.7 Å². The summed E-state index contributed by atoms with van der Waals surface area (Å²) >= 11 is 0. The molecule has 10 heavy (non-hydrogen) atoms. The molecule has 0 spiro atoms. The van der Waals surface area contributed by atoms with Crippen molar-refractivity contribution >= 4 is 0 Å². The van der Waals surface area contributed by atoms with E-state index in [-0.39, 0.29) is 6.61 Å². The normalized spacial score (nSPS) is 16.8. The number of hydroxylamine groups is 1. The summed E-state index contributed by atoms with van der Waals surface area (Å²) in [6, 6.07) is 0. The van der Waals surface area contributed by atoms with Crippen LogP contribution in [0, 0.1) is 0 Å². The molecule has 1 unspecified atom stereocenters. The monoisotopic (exact) mass is 149 g/mol. The molecule has 0 saturated heterocycles. The summed E-state index contributed by atoms with van der Waals surface area (Å²) in [7, 11) is 0. The van der Waals surface area contributed by atoms with E-state index in [1.165, 1.54) is 0 Å². The van der Waals surface area contributed by atoms with Crippen molar-refractivity contribution in [1.29, 1.82) is 0 Å². The lowest BCUT2D eigenvalue weighted by Gasteiger charge is -2.19. The number of hydrogen-bond donors (Lipinski definition) is 4. The van der Waals surface area contributed by atoms with Gasteiger partial charge in [-0.05, 0) is 19.8 Å². The van der Waals surface area contributed by atoms with Gasteiger partial charge in [-0.25, -0.2) is 5.48 Å². The van der Waals surface area contributed by atoms with Gasteiger partial charge >= 0.3 is 0 Å². The van der Waals surface area contributed by atoms with Crippen LogP contribution in [0.15, 0.2) is 0 Å². The Bertz CT molecular complexity index is 85.1. The first kappa shape index (κ1) is 9.84. The zero-order chi connectivity index (χ0) is 8.04. The molecule has 0 bridgehead atoms. The molecule has 4 heteroatoms. The van der Waals surface area contributed by atoms with Crippen LogP contribution >= 0.6 is 0 Å². The molecule has 0 fully saturated rings. The van der Waals surface area contributed by atoms with Gasteiger partial charge in [0.2, 0.25) is 0 Å².